The minimum absolute atomic E-state index is 0.603. The summed E-state index contributed by atoms with van der Waals surface area (Å²) in [6, 6.07) is 0. The summed E-state index contributed by atoms with van der Waals surface area (Å²) in [7, 11) is 1.18. The Morgan fingerprint density at radius 2 is 2.08 bits per heavy atom. The standard InChI is InChI=1S/C7H10O5/c1-5(3-4-6(8)9)12-7(10)11-2/h3-5H,1-2H3,(H,8,9)/b4-3+/t5-/m0/s1. The molecule has 0 amide bonds. The van der Waals surface area contributed by atoms with Crippen LogP contribution in [-0.2, 0) is 14.3 Å². The molecule has 0 aliphatic rings. The van der Waals surface area contributed by atoms with Crippen LogP contribution in [0.5, 0.6) is 0 Å². The summed E-state index contributed by atoms with van der Waals surface area (Å²) in [5.74, 6) is -1.09. The van der Waals surface area contributed by atoms with Crippen LogP contribution in [0.3, 0.4) is 0 Å². The fourth-order valence-corrected chi connectivity index (χ4v) is 0.457. The summed E-state index contributed by atoms with van der Waals surface area (Å²) in [6.45, 7) is 1.52. The van der Waals surface area contributed by atoms with E-state index in [0.717, 1.165) is 6.08 Å². The van der Waals surface area contributed by atoms with Crippen molar-refractivity contribution in [3.8, 4) is 0 Å². The molecule has 12 heavy (non-hydrogen) atoms. The van der Waals surface area contributed by atoms with Gasteiger partial charge in [0.05, 0.1) is 7.11 Å². The number of carboxylic acid groups (broad SMARTS) is 1. The van der Waals surface area contributed by atoms with E-state index in [1.807, 2.05) is 0 Å². The Balaban J connectivity index is 3.81. The van der Waals surface area contributed by atoms with Crippen molar-refractivity contribution in [3.63, 3.8) is 0 Å². The molecule has 0 saturated carbocycles. The van der Waals surface area contributed by atoms with Crippen molar-refractivity contribution in [2.75, 3.05) is 7.11 Å². The van der Waals surface area contributed by atoms with Crippen molar-refractivity contribution < 1.29 is 24.2 Å². The molecule has 0 aromatic rings. The van der Waals surface area contributed by atoms with E-state index in [0.29, 0.717) is 0 Å². The third-order valence-corrected chi connectivity index (χ3v) is 0.959. The summed E-state index contributed by atoms with van der Waals surface area (Å²) in [5, 5.41) is 8.20. The van der Waals surface area contributed by atoms with Gasteiger partial charge in [-0.25, -0.2) is 9.59 Å². The third kappa shape index (κ3) is 5.28. The Hall–Kier alpha value is -1.52. The largest absolute Gasteiger partial charge is 0.508 e. The molecule has 0 aliphatic heterocycles. The fraction of sp³-hybridized carbons (Fsp3) is 0.429. The van der Waals surface area contributed by atoms with Gasteiger partial charge < -0.3 is 14.6 Å². The maximum absolute atomic E-state index is 10.4. The maximum Gasteiger partial charge on any atom is 0.508 e. The molecule has 0 heterocycles. The molecule has 0 unspecified atom stereocenters. The molecule has 1 atom stereocenters. The van der Waals surface area contributed by atoms with Gasteiger partial charge in [-0.1, -0.05) is 0 Å². The molecule has 0 spiro atoms. The molecule has 0 aliphatic carbocycles. The second-order valence-corrected chi connectivity index (χ2v) is 1.97. The molecule has 5 heteroatoms. The Bertz CT molecular complexity index is 196. The van der Waals surface area contributed by atoms with E-state index in [-0.39, 0.29) is 0 Å². The van der Waals surface area contributed by atoms with Gasteiger partial charge in [-0.3, -0.25) is 0 Å². The number of aliphatic carboxylic acids is 1. The van der Waals surface area contributed by atoms with Crippen LogP contribution in [-0.4, -0.2) is 30.4 Å². The van der Waals surface area contributed by atoms with Crippen molar-refractivity contribution >= 4 is 12.1 Å². The SMILES string of the molecule is COC(=O)O[C@@H](C)/C=C/C(=O)O. The Morgan fingerprint density at radius 3 is 2.50 bits per heavy atom. The first kappa shape index (κ1) is 10.5. The monoisotopic (exact) mass is 174 g/mol. The van der Waals surface area contributed by atoms with Gasteiger partial charge in [0.1, 0.15) is 6.10 Å². The number of carbonyl (C=O) groups excluding carboxylic acids is 1. The minimum atomic E-state index is -1.09. The maximum atomic E-state index is 10.4. The van der Waals surface area contributed by atoms with Crippen LogP contribution in [0.2, 0.25) is 0 Å². The van der Waals surface area contributed by atoms with Gasteiger partial charge in [-0.05, 0) is 13.0 Å². The average molecular weight is 174 g/mol. The highest BCUT2D eigenvalue weighted by Crippen LogP contribution is 1.94. The molecule has 0 fully saturated rings. The number of rotatable bonds is 3. The van der Waals surface area contributed by atoms with Gasteiger partial charge in [0, 0.05) is 6.08 Å². The zero-order valence-electron chi connectivity index (χ0n) is 6.81. The number of carboxylic acids is 1. The number of methoxy groups -OCH3 is 1. The summed E-state index contributed by atoms with van der Waals surface area (Å²) in [5.41, 5.74) is 0. The molecule has 68 valence electrons. The van der Waals surface area contributed by atoms with Crippen LogP contribution < -0.4 is 0 Å². The van der Waals surface area contributed by atoms with Crippen molar-refractivity contribution in [2.45, 2.75) is 13.0 Å². The molecule has 0 aromatic heterocycles. The normalized spacial score (nSPS) is 12.5. The van der Waals surface area contributed by atoms with Crippen molar-refractivity contribution in [2.24, 2.45) is 0 Å². The van der Waals surface area contributed by atoms with Crippen LogP contribution in [0.1, 0.15) is 6.92 Å². The first-order chi connectivity index (χ1) is 5.56. The third-order valence-electron chi connectivity index (χ3n) is 0.959. The molecular weight excluding hydrogens is 164 g/mol. The molecule has 0 radical (unpaired) electrons. The van der Waals surface area contributed by atoms with E-state index in [2.05, 4.69) is 9.47 Å². The number of hydrogen-bond donors (Lipinski definition) is 1. The van der Waals surface area contributed by atoms with E-state index in [1.165, 1.54) is 20.1 Å². The van der Waals surface area contributed by atoms with Gasteiger partial charge in [-0.15, -0.1) is 0 Å². The van der Waals surface area contributed by atoms with E-state index in [1.54, 1.807) is 0 Å². The van der Waals surface area contributed by atoms with Crippen molar-refractivity contribution in [3.05, 3.63) is 12.2 Å². The Kier molecular flexibility index (Phi) is 4.52. The van der Waals surface area contributed by atoms with Crippen molar-refractivity contribution in [1.82, 2.24) is 0 Å². The minimum Gasteiger partial charge on any atom is -0.478 e. The van der Waals surface area contributed by atoms with Gasteiger partial charge in [0.25, 0.3) is 0 Å². The van der Waals surface area contributed by atoms with E-state index >= 15 is 0 Å². The predicted molar refractivity (Wildman–Crippen MR) is 39.7 cm³/mol. The highest BCUT2D eigenvalue weighted by atomic mass is 16.7. The Morgan fingerprint density at radius 1 is 1.50 bits per heavy atom. The first-order valence-corrected chi connectivity index (χ1v) is 3.22. The second kappa shape index (κ2) is 5.17. The molecule has 0 aromatic carbocycles. The fourth-order valence-electron chi connectivity index (χ4n) is 0.457. The average Bonchev–Trinajstić information content (AvgIpc) is 2.00. The van der Waals surface area contributed by atoms with Gasteiger partial charge in [-0.2, -0.15) is 0 Å². The molecule has 0 rings (SSSR count). The Labute approximate surface area is 69.6 Å². The van der Waals surface area contributed by atoms with E-state index in [4.69, 9.17) is 5.11 Å². The molecule has 0 saturated heterocycles. The van der Waals surface area contributed by atoms with Gasteiger partial charge in [0.2, 0.25) is 0 Å². The lowest BCUT2D eigenvalue weighted by Crippen LogP contribution is -2.12. The van der Waals surface area contributed by atoms with Gasteiger partial charge >= 0.3 is 12.1 Å². The molecule has 5 nitrogen and oxygen atoms in total. The second-order valence-electron chi connectivity index (χ2n) is 1.97. The van der Waals surface area contributed by atoms with Crippen LogP contribution in [0, 0.1) is 0 Å². The predicted octanol–water partition coefficient (Wildman–Crippen LogP) is 0.799. The lowest BCUT2D eigenvalue weighted by atomic mass is 10.3. The summed E-state index contributed by atoms with van der Waals surface area (Å²) < 4.78 is 8.72. The van der Waals surface area contributed by atoms with Crippen molar-refractivity contribution in [1.29, 1.82) is 0 Å². The summed E-state index contributed by atoms with van der Waals surface area (Å²) in [6.07, 6.45) is 0.693. The van der Waals surface area contributed by atoms with Crippen LogP contribution in [0.25, 0.3) is 0 Å². The van der Waals surface area contributed by atoms with Crippen LogP contribution >= 0.6 is 0 Å². The lowest BCUT2D eigenvalue weighted by Gasteiger charge is -2.05. The zero-order valence-corrected chi connectivity index (χ0v) is 6.81. The molecule has 1 N–H and O–H groups in total. The number of ether oxygens (including phenoxy) is 2. The van der Waals surface area contributed by atoms with E-state index in [9.17, 15) is 9.59 Å². The summed E-state index contributed by atoms with van der Waals surface area (Å²) in [4.78, 5) is 20.4. The highest BCUT2D eigenvalue weighted by Gasteiger charge is 2.05. The molecule has 0 bridgehead atoms. The quantitative estimate of drug-likeness (QED) is 0.506. The number of carbonyl (C=O) groups is 2. The summed E-state index contributed by atoms with van der Waals surface area (Å²) >= 11 is 0. The number of hydrogen-bond acceptors (Lipinski definition) is 4. The zero-order chi connectivity index (χ0) is 9.56. The lowest BCUT2D eigenvalue weighted by molar-refractivity contribution is -0.131. The molecular formula is C7H10O5. The van der Waals surface area contributed by atoms with Crippen LogP contribution in [0.4, 0.5) is 4.79 Å². The highest BCUT2D eigenvalue weighted by molar-refractivity contribution is 5.79. The smallest absolute Gasteiger partial charge is 0.478 e. The van der Waals surface area contributed by atoms with Gasteiger partial charge in [0.15, 0.2) is 0 Å². The van der Waals surface area contributed by atoms with Crippen LogP contribution in [0.15, 0.2) is 12.2 Å². The first-order valence-electron chi connectivity index (χ1n) is 3.22. The van der Waals surface area contributed by atoms with E-state index < -0.39 is 18.2 Å². The topological polar surface area (TPSA) is 72.8 Å².